The van der Waals surface area contributed by atoms with Crippen molar-refractivity contribution in [1.82, 2.24) is 10.3 Å². The molecule has 0 aliphatic rings. The van der Waals surface area contributed by atoms with Crippen molar-refractivity contribution >= 4 is 11.3 Å². The van der Waals surface area contributed by atoms with Crippen molar-refractivity contribution in [3.05, 3.63) is 16.1 Å². The average molecular weight is 228 g/mol. The van der Waals surface area contributed by atoms with E-state index in [1.54, 1.807) is 18.4 Å². The molecule has 2 unspecified atom stereocenters. The van der Waals surface area contributed by atoms with E-state index in [0.717, 1.165) is 18.0 Å². The number of thiazole rings is 1. The Morgan fingerprint density at radius 2 is 2.27 bits per heavy atom. The van der Waals surface area contributed by atoms with E-state index in [9.17, 15) is 0 Å². The number of methoxy groups -OCH3 is 1. The molecule has 1 aromatic rings. The fraction of sp³-hybridized carbons (Fsp3) is 0.727. The molecule has 1 aromatic heterocycles. The van der Waals surface area contributed by atoms with Crippen LogP contribution < -0.4 is 5.32 Å². The molecule has 15 heavy (non-hydrogen) atoms. The predicted octanol–water partition coefficient (Wildman–Crippen LogP) is 2.91. The fourth-order valence-corrected chi connectivity index (χ4v) is 2.23. The van der Waals surface area contributed by atoms with Gasteiger partial charge in [0, 0.05) is 24.2 Å². The first-order valence-electron chi connectivity index (χ1n) is 5.40. The minimum atomic E-state index is 0.0992. The van der Waals surface area contributed by atoms with Crippen LogP contribution in [0.25, 0.3) is 0 Å². The van der Waals surface area contributed by atoms with Crippen LogP contribution in [0.15, 0.2) is 6.20 Å². The normalized spacial score (nSPS) is 15.2. The summed E-state index contributed by atoms with van der Waals surface area (Å²) < 4.78 is 5.24. The maximum Gasteiger partial charge on any atom is 0.121 e. The highest BCUT2D eigenvalue weighted by Crippen LogP contribution is 2.26. The van der Waals surface area contributed by atoms with Crippen molar-refractivity contribution in [2.75, 3.05) is 13.7 Å². The minimum Gasteiger partial charge on any atom is -0.375 e. The molecule has 0 bridgehead atoms. The smallest absolute Gasteiger partial charge is 0.121 e. The SMILES string of the molecule is CCCNC(C)c1cnc(C(C)OC)s1. The summed E-state index contributed by atoms with van der Waals surface area (Å²) in [4.78, 5) is 5.65. The molecule has 0 aliphatic heterocycles. The third kappa shape index (κ3) is 3.55. The van der Waals surface area contributed by atoms with Gasteiger partial charge in [-0.05, 0) is 26.8 Å². The van der Waals surface area contributed by atoms with E-state index in [2.05, 4.69) is 24.1 Å². The van der Waals surface area contributed by atoms with Gasteiger partial charge in [-0.15, -0.1) is 11.3 Å². The van der Waals surface area contributed by atoms with E-state index >= 15 is 0 Å². The van der Waals surface area contributed by atoms with Crippen LogP contribution in [0.3, 0.4) is 0 Å². The van der Waals surface area contributed by atoms with Crippen molar-refractivity contribution in [2.45, 2.75) is 39.3 Å². The number of hydrogen-bond donors (Lipinski definition) is 1. The van der Waals surface area contributed by atoms with E-state index in [-0.39, 0.29) is 6.10 Å². The lowest BCUT2D eigenvalue weighted by Gasteiger charge is -2.10. The van der Waals surface area contributed by atoms with Gasteiger partial charge in [0.1, 0.15) is 11.1 Å². The Balaban J connectivity index is 2.58. The molecule has 0 spiro atoms. The molecule has 0 saturated heterocycles. The van der Waals surface area contributed by atoms with Crippen LogP contribution in [0.2, 0.25) is 0 Å². The van der Waals surface area contributed by atoms with E-state index in [1.807, 2.05) is 13.1 Å². The third-order valence-electron chi connectivity index (χ3n) is 2.37. The summed E-state index contributed by atoms with van der Waals surface area (Å²) in [6.07, 6.45) is 3.20. The van der Waals surface area contributed by atoms with E-state index in [4.69, 9.17) is 4.74 Å². The van der Waals surface area contributed by atoms with Crippen LogP contribution in [0.5, 0.6) is 0 Å². The summed E-state index contributed by atoms with van der Waals surface area (Å²) in [7, 11) is 1.71. The molecular formula is C11H20N2OS. The van der Waals surface area contributed by atoms with Gasteiger partial charge in [-0.25, -0.2) is 4.98 Å². The Morgan fingerprint density at radius 1 is 1.53 bits per heavy atom. The van der Waals surface area contributed by atoms with Gasteiger partial charge >= 0.3 is 0 Å². The Hall–Kier alpha value is -0.450. The van der Waals surface area contributed by atoms with E-state index in [1.165, 1.54) is 4.88 Å². The summed E-state index contributed by atoms with van der Waals surface area (Å²) in [5.41, 5.74) is 0. The molecule has 0 fully saturated rings. The number of ether oxygens (including phenoxy) is 1. The van der Waals surface area contributed by atoms with Crippen molar-refractivity contribution < 1.29 is 4.74 Å². The quantitative estimate of drug-likeness (QED) is 0.813. The van der Waals surface area contributed by atoms with E-state index in [0.29, 0.717) is 6.04 Å². The Morgan fingerprint density at radius 3 is 2.87 bits per heavy atom. The molecule has 0 aliphatic carbocycles. The van der Waals surface area contributed by atoms with Crippen LogP contribution in [-0.2, 0) is 4.74 Å². The number of nitrogens with zero attached hydrogens (tertiary/aromatic N) is 1. The summed E-state index contributed by atoms with van der Waals surface area (Å²) >= 11 is 1.73. The topological polar surface area (TPSA) is 34.2 Å². The fourth-order valence-electron chi connectivity index (χ4n) is 1.25. The Labute approximate surface area is 95.9 Å². The number of hydrogen-bond acceptors (Lipinski definition) is 4. The van der Waals surface area contributed by atoms with E-state index < -0.39 is 0 Å². The van der Waals surface area contributed by atoms with Crippen LogP contribution in [-0.4, -0.2) is 18.6 Å². The van der Waals surface area contributed by atoms with Crippen LogP contribution >= 0.6 is 11.3 Å². The Bertz CT molecular complexity index is 288. The maximum absolute atomic E-state index is 5.24. The highest BCUT2D eigenvalue weighted by Gasteiger charge is 2.12. The van der Waals surface area contributed by atoms with Gasteiger partial charge in [-0.2, -0.15) is 0 Å². The molecule has 0 radical (unpaired) electrons. The molecule has 4 heteroatoms. The largest absolute Gasteiger partial charge is 0.375 e. The summed E-state index contributed by atoms with van der Waals surface area (Å²) in [5.74, 6) is 0. The van der Waals surface area contributed by atoms with Crippen molar-refractivity contribution in [1.29, 1.82) is 0 Å². The summed E-state index contributed by atoms with van der Waals surface area (Å²) in [6, 6.07) is 0.389. The number of rotatable bonds is 6. The molecule has 1 heterocycles. The number of nitrogens with one attached hydrogen (secondary N) is 1. The van der Waals surface area contributed by atoms with Gasteiger partial charge in [0.05, 0.1) is 0 Å². The zero-order valence-electron chi connectivity index (χ0n) is 9.91. The molecular weight excluding hydrogens is 208 g/mol. The van der Waals surface area contributed by atoms with Gasteiger partial charge in [-0.1, -0.05) is 6.92 Å². The second kappa shape index (κ2) is 6.20. The molecule has 86 valence electrons. The highest BCUT2D eigenvalue weighted by molar-refractivity contribution is 7.11. The zero-order chi connectivity index (χ0) is 11.3. The highest BCUT2D eigenvalue weighted by atomic mass is 32.1. The molecule has 1 N–H and O–H groups in total. The zero-order valence-corrected chi connectivity index (χ0v) is 10.7. The average Bonchev–Trinajstić information content (AvgIpc) is 2.74. The Kier molecular flexibility index (Phi) is 5.22. The molecule has 0 saturated carbocycles. The van der Waals surface area contributed by atoms with Crippen LogP contribution in [0.4, 0.5) is 0 Å². The second-order valence-electron chi connectivity index (χ2n) is 3.65. The molecule has 2 atom stereocenters. The van der Waals surface area contributed by atoms with Crippen molar-refractivity contribution in [3.8, 4) is 0 Å². The van der Waals surface area contributed by atoms with Crippen LogP contribution in [0, 0.1) is 0 Å². The third-order valence-corrected chi connectivity index (χ3v) is 3.71. The van der Waals surface area contributed by atoms with Gasteiger partial charge in [0.15, 0.2) is 0 Å². The maximum atomic E-state index is 5.24. The molecule has 0 aromatic carbocycles. The first-order chi connectivity index (χ1) is 7.19. The minimum absolute atomic E-state index is 0.0992. The lowest BCUT2D eigenvalue weighted by atomic mass is 10.3. The van der Waals surface area contributed by atoms with Crippen molar-refractivity contribution in [3.63, 3.8) is 0 Å². The van der Waals surface area contributed by atoms with Gasteiger partial charge in [-0.3, -0.25) is 0 Å². The van der Waals surface area contributed by atoms with Gasteiger partial charge in [0.25, 0.3) is 0 Å². The first kappa shape index (κ1) is 12.6. The molecule has 1 rings (SSSR count). The monoisotopic (exact) mass is 228 g/mol. The lowest BCUT2D eigenvalue weighted by molar-refractivity contribution is 0.119. The first-order valence-corrected chi connectivity index (χ1v) is 6.22. The van der Waals surface area contributed by atoms with Crippen LogP contribution in [0.1, 0.15) is 49.2 Å². The van der Waals surface area contributed by atoms with Gasteiger partial charge < -0.3 is 10.1 Å². The summed E-state index contributed by atoms with van der Waals surface area (Å²) in [5, 5.41) is 4.50. The van der Waals surface area contributed by atoms with Crippen molar-refractivity contribution in [2.24, 2.45) is 0 Å². The number of aromatic nitrogens is 1. The summed E-state index contributed by atoms with van der Waals surface area (Å²) in [6.45, 7) is 7.41. The molecule has 3 nitrogen and oxygen atoms in total. The van der Waals surface area contributed by atoms with Gasteiger partial charge in [0.2, 0.25) is 0 Å². The predicted molar refractivity (Wildman–Crippen MR) is 64.2 cm³/mol. The standard InChI is InChI=1S/C11H20N2OS/c1-5-6-12-8(2)10-7-13-11(15-10)9(3)14-4/h7-9,12H,5-6H2,1-4H3. The lowest BCUT2D eigenvalue weighted by Crippen LogP contribution is -2.18. The second-order valence-corrected chi connectivity index (χ2v) is 4.75. The molecule has 0 amide bonds.